The summed E-state index contributed by atoms with van der Waals surface area (Å²) >= 11 is 0. The number of urea groups is 1. The fraction of sp³-hybridized carbons (Fsp3) is 0.333. The van der Waals surface area contributed by atoms with E-state index in [0.717, 1.165) is 17.7 Å². The standard InChI is InChI=1S/C24H25F2N5O3S/c1-29-15-18(14-27-29)28-23(32)30-12-10-24(11-13-30)16-31(21-5-3-2-4-20(21)24)35(33,34)19-8-6-17(7-9-19)22(25)26/h2-9,14-15,22H,10-13,16H2,1H3,(H,28,32). The van der Waals surface area contributed by atoms with Crippen LogP contribution in [0.25, 0.3) is 0 Å². The molecular weight excluding hydrogens is 476 g/mol. The maximum Gasteiger partial charge on any atom is 0.321 e. The Morgan fingerprint density at radius 3 is 2.40 bits per heavy atom. The lowest BCUT2D eigenvalue weighted by Gasteiger charge is -2.39. The van der Waals surface area contributed by atoms with E-state index >= 15 is 0 Å². The Hall–Kier alpha value is -3.47. The van der Waals surface area contributed by atoms with E-state index in [2.05, 4.69) is 10.4 Å². The van der Waals surface area contributed by atoms with Gasteiger partial charge in [-0.1, -0.05) is 30.3 Å². The minimum Gasteiger partial charge on any atom is -0.324 e. The molecule has 11 heteroatoms. The number of hydrogen-bond donors (Lipinski definition) is 1. The van der Waals surface area contributed by atoms with E-state index in [-0.39, 0.29) is 23.0 Å². The molecule has 184 valence electrons. The van der Waals surface area contributed by atoms with Gasteiger partial charge in [0.1, 0.15) is 0 Å². The molecule has 0 atom stereocenters. The maximum absolute atomic E-state index is 13.5. The number of aryl methyl sites for hydroxylation is 1. The monoisotopic (exact) mass is 501 g/mol. The molecule has 1 fully saturated rings. The summed E-state index contributed by atoms with van der Waals surface area (Å²) in [6.45, 7) is 1.18. The Balaban J connectivity index is 1.37. The second kappa shape index (κ2) is 8.63. The third-order valence-electron chi connectivity index (χ3n) is 6.87. The summed E-state index contributed by atoms with van der Waals surface area (Å²) in [6.07, 6.45) is 1.82. The Morgan fingerprint density at radius 1 is 1.09 bits per heavy atom. The van der Waals surface area contributed by atoms with Gasteiger partial charge in [0.05, 0.1) is 22.5 Å². The number of anilines is 2. The molecule has 2 amide bonds. The summed E-state index contributed by atoms with van der Waals surface area (Å²) in [5.41, 5.74) is 1.48. The van der Waals surface area contributed by atoms with E-state index in [1.165, 1.54) is 16.4 Å². The summed E-state index contributed by atoms with van der Waals surface area (Å²) in [7, 11) is -2.18. The largest absolute Gasteiger partial charge is 0.324 e. The fourth-order valence-corrected chi connectivity index (χ4v) is 6.54. The van der Waals surface area contributed by atoms with Crippen molar-refractivity contribution < 1.29 is 22.0 Å². The van der Waals surface area contributed by atoms with Gasteiger partial charge in [-0.3, -0.25) is 8.99 Å². The van der Waals surface area contributed by atoms with Crippen molar-refractivity contribution in [3.05, 3.63) is 72.1 Å². The predicted octanol–water partition coefficient (Wildman–Crippen LogP) is 4.13. The number of rotatable bonds is 4. The summed E-state index contributed by atoms with van der Waals surface area (Å²) in [6, 6.07) is 11.9. The van der Waals surface area contributed by atoms with Crippen LogP contribution in [0.3, 0.4) is 0 Å². The number of hydrogen-bond acceptors (Lipinski definition) is 4. The molecule has 0 bridgehead atoms. The maximum atomic E-state index is 13.5. The number of nitrogens with one attached hydrogen (secondary N) is 1. The zero-order valence-corrected chi connectivity index (χ0v) is 19.9. The highest BCUT2D eigenvalue weighted by atomic mass is 32.2. The van der Waals surface area contributed by atoms with Crippen LogP contribution < -0.4 is 9.62 Å². The molecule has 3 aromatic rings. The van der Waals surface area contributed by atoms with Crippen LogP contribution >= 0.6 is 0 Å². The van der Waals surface area contributed by atoms with Gasteiger partial charge in [-0.15, -0.1) is 0 Å². The molecule has 3 heterocycles. The van der Waals surface area contributed by atoms with E-state index < -0.39 is 21.9 Å². The van der Waals surface area contributed by atoms with Gasteiger partial charge in [0.15, 0.2) is 0 Å². The molecule has 1 spiro atoms. The quantitative estimate of drug-likeness (QED) is 0.582. The van der Waals surface area contributed by atoms with Crippen LogP contribution in [0.1, 0.15) is 30.4 Å². The number of amides is 2. The van der Waals surface area contributed by atoms with E-state index in [1.807, 2.05) is 12.1 Å². The number of para-hydroxylation sites is 1. The number of carbonyl (C=O) groups is 1. The first kappa shape index (κ1) is 23.3. The van der Waals surface area contributed by atoms with Crippen LogP contribution in [0.15, 0.2) is 65.8 Å². The summed E-state index contributed by atoms with van der Waals surface area (Å²) in [5, 5.41) is 6.89. The van der Waals surface area contributed by atoms with Crippen LogP contribution in [0.5, 0.6) is 0 Å². The van der Waals surface area contributed by atoms with E-state index in [4.69, 9.17) is 0 Å². The molecule has 1 saturated heterocycles. The second-order valence-corrected chi connectivity index (χ2v) is 10.9. The van der Waals surface area contributed by atoms with Gasteiger partial charge in [-0.2, -0.15) is 5.10 Å². The highest BCUT2D eigenvalue weighted by Crippen LogP contribution is 2.48. The van der Waals surface area contributed by atoms with Gasteiger partial charge in [0.25, 0.3) is 16.4 Å². The Morgan fingerprint density at radius 2 is 1.77 bits per heavy atom. The number of benzene rings is 2. The molecule has 35 heavy (non-hydrogen) atoms. The number of piperidine rings is 1. The molecule has 2 aliphatic rings. The van der Waals surface area contributed by atoms with Crippen molar-refractivity contribution in [3.63, 3.8) is 0 Å². The zero-order chi connectivity index (χ0) is 24.8. The number of sulfonamides is 1. The highest BCUT2D eigenvalue weighted by molar-refractivity contribution is 7.92. The first-order valence-electron chi connectivity index (χ1n) is 11.2. The molecule has 2 aliphatic heterocycles. The third-order valence-corrected chi connectivity index (χ3v) is 8.65. The van der Waals surface area contributed by atoms with Crippen LogP contribution in [-0.4, -0.2) is 48.8 Å². The molecule has 0 unspecified atom stereocenters. The number of nitrogens with zero attached hydrogens (tertiary/aromatic N) is 4. The Kier molecular flexibility index (Phi) is 5.74. The topological polar surface area (TPSA) is 87.5 Å². The molecule has 1 aromatic heterocycles. The van der Waals surface area contributed by atoms with Crippen molar-refractivity contribution in [1.29, 1.82) is 0 Å². The molecule has 1 N–H and O–H groups in total. The van der Waals surface area contributed by atoms with Gasteiger partial charge in [0.2, 0.25) is 0 Å². The molecule has 0 aliphatic carbocycles. The van der Waals surface area contributed by atoms with Crippen molar-refractivity contribution in [2.24, 2.45) is 7.05 Å². The molecule has 8 nitrogen and oxygen atoms in total. The van der Waals surface area contributed by atoms with Crippen molar-refractivity contribution in [2.75, 3.05) is 29.3 Å². The Bertz CT molecular complexity index is 1350. The predicted molar refractivity (Wildman–Crippen MR) is 127 cm³/mol. The summed E-state index contributed by atoms with van der Waals surface area (Å²) in [5.74, 6) is 0. The second-order valence-electron chi connectivity index (χ2n) is 9.00. The Labute approximate surface area is 202 Å². The first-order chi connectivity index (χ1) is 16.7. The third kappa shape index (κ3) is 4.13. The number of fused-ring (bicyclic) bond motifs is 2. The van der Waals surface area contributed by atoms with Gasteiger partial charge < -0.3 is 10.2 Å². The van der Waals surface area contributed by atoms with Crippen molar-refractivity contribution >= 4 is 27.4 Å². The minimum atomic E-state index is -3.95. The number of halogens is 2. The van der Waals surface area contributed by atoms with E-state index in [0.29, 0.717) is 37.3 Å². The van der Waals surface area contributed by atoms with Gasteiger partial charge in [0, 0.05) is 43.9 Å². The smallest absolute Gasteiger partial charge is 0.321 e. The molecular formula is C24H25F2N5O3S. The SMILES string of the molecule is Cn1cc(NC(=O)N2CCC3(CC2)CN(S(=O)(=O)c2ccc(C(F)F)cc2)c2ccccc23)cn1. The van der Waals surface area contributed by atoms with Crippen LogP contribution in [0, 0.1) is 0 Å². The molecule has 2 aromatic carbocycles. The number of alkyl halides is 2. The fourth-order valence-electron chi connectivity index (χ4n) is 4.97. The normalized spacial score (nSPS) is 17.1. The van der Waals surface area contributed by atoms with Crippen molar-refractivity contribution in [2.45, 2.75) is 29.6 Å². The van der Waals surface area contributed by atoms with Crippen molar-refractivity contribution in [1.82, 2.24) is 14.7 Å². The van der Waals surface area contributed by atoms with Gasteiger partial charge >= 0.3 is 6.03 Å². The van der Waals surface area contributed by atoms with E-state index in [9.17, 15) is 22.0 Å². The lowest BCUT2D eigenvalue weighted by molar-refractivity contribution is 0.151. The van der Waals surface area contributed by atoms with Gasteiger partial charge in [-0.25, -0.2) is 22.0 Å². The average molecular weight is 502 g/mol. The zero-order valence-electron chi connectivity index (χ0n) is 19.1. The van der Waals surface area contributed by atoms with Crippen molar-refractivity contribution in [3.8, 4) is 0 Å². The van der Waals surface area contributed by atoms with Gasteiger partial charge in [-0.05, 0) is 36.6 Å². The number of aromatic nitrogens is 2. The van der Waals surface area contributed by atoms with Crippen LogP contribution in [-0.2, 0) is 22.5 Å². The van der Waals surface area contributed by atoms with Crippen LogP contribution in [0.4, 0.5) is 25.0 Å². The lowest BCUT2D eigenvalue weighted by Crippen LogP contribution is -2.48. The van der Waals surface area contributed by atoms with E-state index in [1.54, 1.807) is 41.2 Å². The first-order valence-corrected chi connectivity index (χ1v) is 12.7. The minimum absolute atomic E-state index is 0.0259. The molecule has 0 saturated carbocycles. The summed E-state index contributed by atoms with van der Waals surface area (Å²) in [4.78, 5) is 14.4. The highest BCUT2D eigenvalue weighted by Gasteiger charge is 2.48. The number of carbonyl (C=O) groups excluding carboxylic acids is 1. The molecule has 0 radical (unpaired) electrons. The summed E-state index contributed by atoms with van der Waals surface area (Å²) < 4.78 is 56.0. The molecule has 5 rings (SSSR count). The average Bonchev–Trinajstić information content (AvgIpc) is 3.41. The van der Waals surface area contributed by atoms with Crippen LogP contribution in [0.2, 0.25) is 0 Å². The lowest BCUT2D eigenvalue weighted by atomic mass is 9.74. The number of likely N-dealkylation sites (tertiary alicyclic amines) is 1.